The third-order valence-electron chi connectivity index (χ3n) is 5.64. The Kier molecular flexibility index (Phi) is 12.9. The molecule has 228 valence electrons. The highest BCUT2D eigenvalue weighted by Gasteiger charge is 2.34. The van der Waals surface area contributed by atoms with Crippen LogP contribution in [0.15, 0.2) is 96.0 Å². The first-order valence-corrected chi connectivity index (χ1v) is 13.2. The molecule has 0 fully saturated rings. The van der Waals surface area contributed by atoms with Gasteiger partial charge in [-0.25, -0.2) is 28.2 Å². The van der Waals surface area contributed by atoms with Crippen LogP contribution in [-0.4, -0.2) is 54.5 Å². The van der Waals surface area contributed by atoms with E-state index in [2.05, 4.69) is 20.9 Å². The minimum atomic E-state index is -3.59. The molecule has 0 saturated heterocycles. The van der Waals surface area contributed by atoms with Gasteiger partial charge < -0.3 is 24.6 Å². The Morgan fingerprint density at radius 3 is 1.49 bits per heavy atom. The van der Waals surface area contributed by atoms with Crippen LogP contribution in [0.1, 0.15) is 23.1 Å². The summed E-state index contributed by atoms with van der Waals surface area (Å²) in [4.78, 5) is 40.4. The van der Waals surface area contributed by atoms with Crippen LogP contribution in [-0.2, 0) is 34.0 Å². The van der Waals surface area contributed by atoms with E-state index in [1.165, 1.54) is 0 Å². The Hall–Kier alpha value is -5.04. The van der Waals surface area contributed by atoms with E-state index in [0.29, 0.717) is 16.7 Å². The zero-order valence-corrected chi connectivity index (χ0v) is 23.1. The van der Waals surface area contributed by atoms with Crippen molar-refractivity contribution in [1.82, 2.24) is 16.0 Å². The maximum atomic E-state index is 14.8. The Labute approximate surface area is 246 Å². The molecule has 0 heterocycles. The van der Waals surface area contributed by atoms with E-state index in [1.54, 1.807) is 91.0 Å². The number of ether oxygens (including phenoxy) is 3. The molecule has 3 aromatic carbocycles. The van der Waals surface area contributed by atoms with Crippen LogP contribution < -0.4 is 16.0 Å². The van der Waals surface area contributed by atoms with Crippen molar-refractivity contribution in [2.75, 3.05) is 13.2 Å². The monoisotopic (exact) mass is 598 g/mol. The second kappa shape index (κ2) is 17.0. The van der Waals surface area contributed by atoms with Gasteiger partial charge in [-0.3, -0.25) is 10.6 Å². The number of amides is 3. The van der Waals surface area contributed by atoms with E-state index in [9.17, 15) is 28.3 Å². The van der Waals surface area contributed by atoms with E-state index in [1.807, 2.05) is 0 Å². The lowest BCUT2D eigenvalue weighted by molar-refractivity contribution is -0.0131. The van der Waals surface area contributed by atoms with Crippen molar-refractivity contribution in [2.45, 2.75) is 38.2 Å². The van der Waals surface area contributed by atoms with Crippen molar-refractivity contribution < 1.29 is 42.5 Å². The maximum Gasteiger partial charge on any atom is 0.414 e. The van der Waals surface area contributed by atoms with Gasteiger partial charge in [0.25, 0.3) is 5.92 Å². The number of aliphatic imine (C=N–C) groups is 1. The van der Waals surface area contributed by atoms with Crippen molar-refractivity contribution >= 4 is 24.2 Å². The van der Waals surface area contributed by atoms with Crippen molar-refractivity contribution in [3.63, 3.8) is 0 Å². The third kappa shape index (κ3) is 13.0. The second-order valence-corrected chi connectivity index (χ2v) is 9.18. The van der Waals surface area contributed by atoms with E-state index in [4.69, 9.17) is 14.2 Å². The summed E-state index contributed by atoms with van der Waals surface area (Å²) in [6.45, 7) is -2.37. The molecular formula is C30H32F2N4O7. The summed E-state index contributed by atoms with van der Waals surface area (Å²) in [5, 5.41) is 16.0. The minimum absolute atomic E-state index is 0.0903. The first kappa shape index (κ1) is 32.5. The summed E-state index contributed by atoms with van der Waals surface area (Å²) in [7, 11) is 0. The molecule has 0 aliphatic rings. The summed E-state index contributed by atoms with van der Waals surface area (Å²) in [5.74, 6) is -4.23. The number of rotatable bonds is 12. The maximum absolute atomic E-state index is 14.8. The average molecular weight is 599 g/mol. The molecule has 3 aromatic rings. The van der Waals surface area contributed by atoms with Crippen LogP contribution in [0.4, 0.5) is 23.2 Å². The molecule has 3 rings (SSSR count). The van der Waals surface area contributed by atoms with Crippen molar-refractivity contribution in [3.8, 4) is 0 Å². The van der Waals surface area contributed by atoms with Gasteiger partial charge in [0.2, 0.25) is 5.96 Å². The van der Waals surface area contributed by atoms with E-state index in [-0.39, 0.29) is 19.8 Å². The number of halogens is 2. The lowest BCUT2D eigenvalue weighted by Gasteiger charge is -2.22. The predicted molar refractivity (Wildman–Crippen MR) is 152 cm³/mol. The van der Waals surface area contributed by atoms with Crippen LogP contribution in [0.2, 0.25) is 0 Å². The number of hydrogen-bond donors (Lipinski definition) is 4. The summed E-state index contributed by atoms with van der Waals surface area (Å²) < 4.78 is 44.8. The number of benzene rings is 3. The zero-order chi connectivity index (χ0) is 30.9. The number of aliphatic hydroxyl groups is 1. The highest BCUT2D eigenvalue weighted by Crippen LogP contribution is 2.21. The molecule has 43 heavy (non-hydrogen) atoms. The Morgan fingerprint density at radius 2 is 1.09 bits per heavy atom. The molecule has 0 aliphatic heterocycles. The minimum Gasteiger partial charge on any atom is -0.445 e. The van der Waals surface area contributed by atoms with Gasteiger partial charge in [-0.1, -0.05) is 91.0 Å². The van der Waals surface area contributed by atoms with Gasteiger partial charge in [0.15, 0.2) is 0 Å². The van der Waals surface area contributed by atoms with Gasteiger partial charge in [0.1, 0.15) is 26.4 Å². The lowest BCUT2D eigenvalue weighted by atomic mass is 10.1. The second-order valence-electron chi connectivity index (χ2n) is 9.18. The SMILES string of the molecule is O=C(NC(=NCC(F)(F)C[C@@H](CO)NC(=O)OCc1ccccc1)NC(=O)OCc1ccccc1)OCc1ccccc1. The molecule has 0 unspecified atom stereocenters. The van der Waals surface area contributed by atoms with E-state index in [0.717, 1.165) is 0 Å². The molecule has 0 saturated carbocycles. The normalized spacial score (nSPS) is 11.4. The Morgan fingerprint density at radius 1 is 0.698 bits per heavy atom. The van der Waals surface area contributed by atoms with Gasteiger partial charge >= 0.3 is 18.3 Å². The van der Waals surface area contributed by atoms with Gasteiger partial charge in [0.05, 0.1) is 12.6 Å². The van der Waals surface area contributed by atoms with Crippen molar-refractivity contribution in [3.05, 3.63) is 108 Å². The summed E-state index contributed by atoms with van der Waals surface area (Å²) >= 11 is 0. The number of nitrogens with one attached hydrogen (secondary N) is 3. The number of carbonyl (C=O) groups is 3. The molecule has 0 bridgehead atoms. The standard InChI is InChI=1S/C30H32F2N4O7/c31-30(32,16-25(17-37)34-27(38)41-18-22-10-4-1-5-11-22)21-33-26(35-28(39)42-19-23-12-6-2-7-13-23)36-29(40)43-20-24-14-8-3-9-15-24/h1-15,25,37H,16-21H2,(H,34,38)(H2,33,35,36,39,40)/t25-/m0/s1. The van der Waals surface area contributed by atoms with E-state index >= 15 is 0 Å². The number of guanidine groups is 1. The van der Waals surface area contributed by atoms with Crippen molar-refractivity contribution in [2.24, 2.45) is 4.99 Å². The average Bonchev–Trinajstić information content (AvgIpc) is 3.02. The predicted octanol–water partition coefficient (Wildman–Crippen LogP) is 4.51. The van der Waals surface area contributed by atoms with Crippen molar-refractivity contribution in [1.29, 1.82) is 0 Å². The number of alkyl halides is 2. The quantitative estimate of drug-likeness (QED) is 0.136. The third-order valence-corrected chi connectivity index (χ3v) is 5.64. The number of nitrogens with zero attached hydrogens (tertiary/aromatic N) is 1. The molecule has 0 spiro atoms. The number of carbonyl (C=O) groups excluding carboxylic acids is 3. The molecule has 0 radical (unpaired) electrons. The molecule has 0 aliphatic carbocycles. The summed E-state index contributed by atoms with van der Waals surface area (Å²) in [6.07, 6.45) is -4.14. The fourth-order valence-electron chi connectivity index (χ4n) is 3.53. The number of alkyl carbamates (subject to hydrolysis) is 3. The Balaban J connectivity index is 1.58. The molecule has 11 nitrogen and oxygen atoms in total. The van der Waals surface area contributed by atoms with Crippen LogP contribution in [0.5, 0.6) is 0 Å². The zero-order valence-electron chi connectivity index (χ0n) is 23.1. The molecular weight excluding hydrogens is 566 g/mol. The van der Waals surface area contributed by atoms with E-state index < -0.39 is 55.8 Å². The highest BCUT2D eigenvalue weighted by molar-refractivity contribution is 6.01. The first-order valence-electron chi connectivity index (χ1n) is 13.2. The van der Waals surface area contributed by atoms with Crippen LogP contribution in [0.25, 0.3) is 0 Å². The van der Waals surface area contributed by atoms with Crippen LogP contribution >= 0.6 is 0 Å². The fourth-order valence-corrected chi connectivity index (χ4v) is 3.53. The van der Waals surface area contributed by atoms with Crippen LogP contribution in [0, 0.1) is 0 Å². The molecule has 4 N–H and O–H groups in total. The van der Waals surface area contributed by atoms with Crippen LogP contribution in [0.3, 0.4) is 0 Å². The molecule has 3 amide bonds. The number of aliphatic hydroxyl groups excluding tert-OH is 1. The molecule has 1 atom stereocenters. The summed E-state index contributed by atoms with van der Waals surface area (Å²) in [5.41, 5.74) is 2.03. The summed E-state index contributed by atoms with van der Waals surface area (Å²) in [6, 6.07) is 24.7. The first-order chi connectivity index (χ1) is 20.7. The van der Waals surface area contributed by atoms with Gasteiger partial charge in [-0.15, -0.1) is 0 Å². The largest absolute Gasteiger partial charge is 0.445 e. The van der Waals surface area contributed by atoms with Gasteiger partial charge in [0, 0.05) is 6.42 Å². The smallest absolute Gasteiger partial charge is 0.414 e. The highest BCUT2D eigenvalue weighted by atomic mass is 19.3. The topological polar surface area (TPSA) is 148 Å². The van der Waals surface area contributed by atoms with Gasteiger partial charge in [-0.05, 0) is 16.7 Å². The molecule has 13 heteroatoms. The van der Waals surface area contributed by atoms with Gasteiger partial charge in [-0.2, -0.15) is 0 Å². The number of hydrogen-bond acceptors (Lipinski definition) is 8. The lowest BCUT2D eigenvalue weighted by Crippen LogP contribution is -2.46. The fraction of sp³-hybridized carbons (Fsp3) is 0.267. The Bertz CT molecular complexity index is 1270. The molecule has 0 aromatic heterocycles.